The van der Waals surface area contributed by atoms with Gasteiger partial charge >= 0.3 is 6.09 Å². The van der Waals surface area contributed by atoms with Gasteiger partial charge in [-0.25, -0.2) is 4.79 Å². The van der Waals surface area contributed by atoms with Crippen molar-refractivity contribution in [2.24, 2.45) is 11.0 Å². The molecule has 1 aliphatic heterocycles. The Labute approximate surface area is 148 Å². The molecule has 0 bridgehead atoms. The van der Waals surface area contributed by atoms with Crippen LogP contribution in [0.3, 0.4) is 0 Å². The zero-order chi connectivity index (χ0) is 18.5. The Morgan fingerprint density at radius 1 is 1.32 bits per heavy atom. The van der Waals surface area contributed by atoms with E-state index in [0.29, 0.717) is 25.9 Å². The molecule has 1 N–H and O–H groups in total. The molecule has 1 atom stereocenters. The van der Waals surface area contributed by atoms with E-state index >= 15 is 0 Å². The summed E-state index contributed by atoms with van der Waals surface area (Å²) in [4.78, 5) is 16.7. The molecule has 1 aromatic rings. The van der Waals surface area contributed by atoms with Crippen LogP contribution in [0.4, 0.5) is 4.79 Å². The molecule has 1 unspecified atom stereocenters. The molecule has 2 rings (SSSR count). The summed E-state index contributed by atoms with van der Waals surface area (Å²) in [5.74, 6) is -0.0981. The summed E-state index contributed by atoms with van der Waals surface area (Å²) in [7, 11) is 0. The third-order valence-corrected chi connectivity index (χ3v) is 4.47. The Hall–Kier alpha value is -2.24. The molecular weight excluding hydrogens is 320 g/mol. The van der Waals surface area contributed by atoms with E-state index in [1.54, 1.807) is 4.90 Å². The van der Waals surface area contributed by atoms with Crippen molar-refractivity contribution in [3.8, 4) is 0 Å². The fraction of sp³-hybridized carbons (Fsp3) is 0.611. The number of aliphatic hydroxyl groups is 1. The third-order valence-electron chi connectivity index (χ3n) is 4.47. The number of likely N-dealkylation sites (tertiary alicyclic amines) is 1. The Balaban J connectivity index is 2.10. The summed E-state index contributed by atoms with van der Waals surface area (Å²) < 4.78 is 5.41. The molecule has 7 heteroatoms. The van der Waals surface area contributed by atoms with Gasteiger partial charge in [0.1, 0.15) is 5.60 Å². The quantitative estimate of drug-likeness (QED) is 0.509. The first-order valence-corrected chi connectivity index (χ1v) is 8.53. The summed E-state index contributed by atoms with van der Waals surface area (Å²) in [6, 6.07) is 9.27. The number of azide groups is 1. The van der Waals surface area contributed by atoms with E-state index in [0.717, 1.165) is 5.56 Å². The van der Waals surface area contributed by atoms with E-state index in [2.05, 4.69) is 10.0 Å². The highest BCUT2D eigenvalue weighted by Gasteiger charge is 2.40. The third kappa shape index (κ3) is 4.87. The summed E-state index contributed by atoms with van der Waals surface area (Å²) in [6.45, 7) is 6.50. The summed E-state index contributed by atoms with van der Waals surface area (Å²) in [5.41, 5.74) is 7.65. The molecule has 136 valence electrons. The van der Waals surface area contributed by atoms with Crippen LogP contribution in [0.1, 0.15) is 39.2 Å². The highest BCUT2D eigenvalue weighted by atomic mass is 16.6. The van der Waals surface area contributed by atoms with Gasteiger partial charge in [0.05, 0.1) is 12.1 Å². The van der Waals surface area contributed by atoms with Crippen molar-refractivity contribution >= 4 is 6.09 Å². The maximum atomic E-state index is 12.2. The van der Waals surface area contributed by atoms with Crippen molar-refractivity contribution in [1.29, 1.82) is 0 Å². The fourth-order valence-corrected chi connectivity index (χ4v) is 3.19. The number of amides is 1. The molecule has 1 amide bonds. The van der Waals surface area contributed by atoms with Gasteiger partial charge in [-0.1, -0.05) is 35.4 Å². The van der Waals surface area contributed by atoms with Gasteiger partial charge in [0, 0.05) is 18.0 Å². The van der Waals surface area contributed by atoms with E-state index in [1.165, 1.54) is 0 Å². The minimum Gasteiger partial charge on any atom is -0.444 e. The average molecular weight is 346 g/mol. The smallest absolute Gasteiger partial charge is 0.410 e. The van der Waals surface area contributed by atoms with Gasteiger partial charge in [0.15, 0.2) is 0 Å². The van der Waals surface area contributed by atoms with Gasteiger partial charge in [-0.3, -0.25) is 0 Å². The number of ether oxygens (including phenoxy) is 1. The Kier molecular flexibility index (Phi) is 5.93. The van der Waals surface area contributed by atoms with Gasteiger partial charge in [0.2, 0.25) is 0 Å². The zero-order valence-electron chi connectivity index (χ0n) is 15.1. The van der Waals surface area contributed by atoms with Gasteiger partial charge in [0.25, 0.3) is 0 Å². The highest BCUT2D eigenvalue weighted by Crippen LogP contribution is 2.37. The van der Waals surface area contributed by atoms with E-state index in [-0.39, 0.29) is 18.6 Å². The average Bonchev–Trinajstić information content (AvgIpc) is 2.59. The van der Waals surface area contributed by atoms with Gasteiger partial charge in [-0.05, 0) is 50.6 Å². The molecule has 0 saturated carbocycles. The molecule has 0 aliphatic carbocycles. The second kappa shape index (κ2) is 7.76. The van der Waals surface area contributed by atoms with Gasteiger partial charge in [-0.2, -0.15) is 0 Å². The molecule has 1 aliphatic rings. The molecule has 25 heavy (non-hydrogen) atoms. The number of carbonyl (C=O) groups excluding carboxylic acids is 1. The van der Waals surface area contributed by atoms with Gasteiger partial charge in [-0.15, -0.1) is 0 Å². The predicted molar refractivity (Wildman–Crippen MR) is 94.9 cm³/mol. The van der Waals surface area contributed by atoms with E-state index in [1.807, 2.05) is 51.1 Å². The number of nitrogens with zero attached hydrogens (tertiary/aromatic N) is 4. The number of hydrogen-bond donors (Lipinski definition) is 1. The topological polar surface area (TPSA) is 98.5 Å². The number of benzene rings is 1. The molecule has 1 fully saturated rings. The summed E-state index contributed by atoms with van der Waals surface area (Å²) in [6.07, 6.45) is 0.904. The minimum absolute atomic E-state index is 0.0232. The Morgan fingerprint density at radius 3 is 2.44 bits per heavy atom. The standard InChI is InChI=1S/C18H26N4O3/c1-17(2,3)25-16(23)22-11-9-15(10-12-22)18(24,13-20-21-19)14-7-5-4-6-8-14/h4-8,15,24H,9-13H2,1-3H3. The molecule has 7 nitrogen and oxygen atoms in total. The summed E-state index contributed by atoms with van der Waals surface area (Å²) >= 11 is 0. The highest BCUT2D eigenvalue weighted by molar-refractivity contribution is 5.68. The molecule has 0 spiro atoms. The lowest BCUT2D eigenvalue weighted by atomic mass is 9.76. The summed E-state index contributed by atoms with van der Waals surface area (Å²) in [5, 5.41) is 14.9. The Morgan fingerprint density at radius 2 is 1.92 bits per heavy atom. The molecule has 1 heterocycles. The monoisotopic (exact) mass is 346 g/mol. The van der Waals surface area contributed by atoms with E-state index < -0.39 is 11.2 Å². The number of piperidine rings is 1. The van der Waals surface area contributed by atoms with Crippen LogP contribution < -0.4 is 0 Å². The van der Waals surface area contributed by atoms with Crippen molar-refractivity contribution in [3.63, 3.8) is 0 Å². The predicted octanol–water partition coefficient (Wildman–Crippen LogP) is 3.83. The van der Waals surface area contributed by atoms with Crippen molar-refractivity contribution in [3.05, 3.63) is 46.3 Å². The molecule has 0 aromatic heterocycles. The fourth-order valence-electron chi connectivity index (χ4n) is 3.19. The second-order valence-electron chi connectivity index (χ2n) is 7.42. The van der Waals surface area contributed by atoms with Crippen molar-refractivity contribution in [2.45, 2.75) is 44.8 Å². The van der Waals surface area contributed by atoms with E-state index in [4.69, 9.17) is 10.3 Å². The molecule has 1 aromatic carbocycles. The number of hydrogen-bond acceptors (Lipinski definition) is 4. The maximum absolute atomic E-state index is 12.2. The lowest BCUT2D eigenvalue weighted by Gasteiger charge is -2.41. The maximum Gasteiger partial charge on any atom is 0.410 e. The number of carbonyl (C=O) groups is 1. The van der Waals surface area contributed by atoms with Crippen LogP contribution in [-0.2, 0) is 10.3 Å². The minimum atomic E-state index is -1.23. The Bertz CT molecular complexity index is 629. The van der Waals surface area contributed by atoms with Crippen LogP contribution in [0, 0.1) is 5.92 Å². The first kappa shape index (κ1) is 19.1. The van der Waals surface area contributed by atoms with Crippen LogP contribution in [0.15, 0.2) is 35.4 Å². The zero-order valence-corrected chi connectivity index (χ0v) is 15.1. The van der Waals surface area contributed by atoms with Crippen molar-refractivity contribution in [2.75, 3.05) is 19.6 Å². The molecule has 0 radical (unpaired) electrons. The van der Waals surface area contributed by atoms with Crippen LogP contribution in [0.2, 0.25) is 0 Å². The number of rotatable bonds is 4. The van der Waals surface area contributed by atoms with Crippen LogP contribution in [0.25, 0.3) is 10.4 Å². The first-order valence-electron chi connectivity index (χ1n) is 8.53. The van der Waals surface area contributed by atoms with Crippen LogP contribution in [-0.4, -0.2) is 41.3 Å². The van der Waals surface area contributed by atoms with Crippen LogP contribution in [0.5, 0.6) is 0 Å². The normalized spacial score (nSPS) is 18.2. The lowest BCUT2D eigenvalue weighted by molar-refractivity contribution is -0.0450. The first-order chi connectivity index (χ1) is 11.8. The largest absolute Gasteiger partial charge is 0.444 e. The van der Waals surface area contributed by atoms with Crippen LogP contribution >= 0.6 is 0 Å². The van der Waals surface area contributed by atoms with E-state index in [9.17, 15) is 9.90 Å². The SMILES string of the molecule is CC(C)(C)OC(=O)N1CCC(C(O)(CN=[N+]=[N-])c2ccccc2)CC1. The van der Waals surface area contributed by atoms with Crippen molar-refractivity contribution in [1.82, 2.24) is 4.90 Å². The molecular formula is C18H26N4O3. The molecule has 1 saturated heterocycles. The van der Waals surface area contributed by atoms with Crippen molar-refractivity contribution < 1.29 is 14.6 Å². The lowest BCUT2D eigenvalue weighted by Crippen LogP contribution is -2.47. The second-order valence-corrected chi connectivity index (χ2v) is 7.42. The van der Waals surface area contributed by atoms with Gasteiger partial charge < -0.3 is 14.7 Å².